The molecule has 2 unspecified atom stereocenters. The Hall–Kier alpha value is -2.48. The van der Waals surface area contributed by atoms with Gasteiger partial charge in [-0.3, -0.25) is 4.79 Å². The highest BCUT2D eigenvalue weighted by Gasteiger charge is 2.45. The molecule has 0 aliphatic carbocycles. The fraction of sp³-hybridized carbons (Fsp3) is 0.312. The van der Waals surface area contributed by atoms with Crippen LogP contribution in [-0.2, 0) is 4.74 Å². The maximum atomic E-state index is 11.6. The number of rotatable bonds is 3. The third-order valence-corrected chi connectivity index (χ3v) is 4.02. The van der Waals surface area contributed by atoms with Gasteiger partial charge in [0.1, 0.15) is 18.3 Å². The van der Waals surface area contributed by atoms with E-state index in [1.807, 2.05) is 0 Å². The van der Waals surface area contributed by atoms with E-state index in [1.54, 1.807) is 24.3 Å². The quantitative estimate of drug-likeness (QED) is 0.503. The molecule has 3 rings (SSSR count). The van der Waals surface area contributed by atoms with Gasteiger partial charge in [-0.25, -0.2) is 4.68 Å². The van der Waals surface area contributed by atoms with Gasteiger partial charge in [0.15, 0.2) is 6.23 Å². The summed E-state index contributed by atoms with van der Waals surface area (Å²) in [5.41, 5.74) is 5.94. The summed E-state index contributed by atoms with van der Waals surface area (Å²) in [4.78, 5) is 15.6. The first-order chi connectivity index (χ1) is 12.4. The highest BCUT2D eigenvalue weighted by molar-refractivity contribution is 6.30. The van der Waals surface area contributed by atoms with Crippen molar-refractivity contribution >= 4 is 17.5 Å². The highest BCUT2D eigenvalue weighted by atomic mass is 35.5. The Kier molecular flexibility index (Phi) is 5.22. The lowest BCUT2D eigenvalue weighted by Crippen LogP contribution is -2.34. The van der Waals surface area contributed by atoms with Crippen LogP contribution >= 0.6 is 11.6 Å². The van der Waals surface area contributed by atoms with Crippen molar-refractivity contribution in [3.63, 3.8) is 0 Å². The molecule has 0 spiro atoms. The lowest BCUT2D eigenvalue weighted by Gasteiger charge is -2.15. The summed E-state index contributed by atoms with van der Waals surface area (Å²) in [5.74, 6) is 4.26. The third-order valence-electron chi connectivity index (χ3n) is 3.77. The van der Waals surface area contributed by atoms with Gasteiger partial charge in [0, 0.05) is 10.6 Å². The normalized spacial score (nSPS) is 24.9. The van der Waals surface area contributed by atoms with E-state index in [0.29, 0.717) is 10.6 Å². The molecule has 4 atom stereocenters. The molecule has 1 aromatic heterocycles. The first-order valence-corrected chi connectivity index (χ1v) is 7.95. The molecule has 9 nitrogen and oxygen atoms in total. The van der Waals surface area contributed by atoms with Crippen LogP contribution in [0.25, 0.3) is 0 Å². The smallest absolute Gasteiger partial charge is 0.286 e. The Morgan fingerprint density at radius 1 is 1.27 bits per heavy atom. The number of amides is 1. The maximum absolute atomic E-state index is 11.6. The van der Waals surface area contributed by atoms with Crippen molar-refractivity contribution in [3.8, 4) is 11.8 Å². The van der Waals surface area contributed by atoms with Crippen molar-refractivity contribution in [2.75, 3.05) is 6.61 Å². The summed E-state index contributed by atoms with van der Waals surface area (Å²) in [5, 5.41) is 33.7. The first-order valence-electron chi connectivity index (χ1n) is 7.57. The van der Waals surface area contributed by atoms with Crippen LogP contribution in [0.3, 0.4) is 0 Å². The van der Waals surface area contributed by atoms with Crippen molar-refractivity contribution in [2.45, 2.75) is 24.5 Å². The van der Waals surface area contributed by atoms with Gasteiger partial charge in [-0.2, -0.15) is 4.98 Å². The molecule has 1 aliphatic heterocycles. The van der Waals surface area contributed by atoms with E-state index in [4.69, 9.17) is 27.2 Å². The molecule has 0 saturated carbocycles. The van der Waals surface area contributed by atoms with Crippen LogP contribution < -0.4 is 5.73 Å². The zero-order valence-electron chi connectivity index (χ0n) is 13.3. The lowest BCUT2D eigenvalue weighted by molar-refractivity contribution is -0.0595. The van der Waals surface area contributed by atoms with Crippen LogP contribution in [0.5, 0.6) is 0 Å². The number of carbonyl (C=O) groups excluding carboxylic acids is 1. The van der Waals surface area contributed by atoms with E-state index in [9.17, 15) is 15.0 Å². The fourth-order valence-corrected chi connectivity index (χ4v) is 2.59. The molecule has 0 radical (unpaired) electrons. The second-order valence-electron chi connectivity index (χ2n) is 5.55. The standard InChI is InChI=1S/C16H15ClN4O5/c17-9-4-1-8(2-5-9)3-6-11-19-15(14(18)25)21(20-11)16-13(24)12(23)10(7-22)26-16/h1-2,4-5,10,12-13,16,22-24H,7H2,(H2,18,25)/t10-,12?,13?,16-/m1/s1. The second-order valence-corrected chi connectivity index (χ2v) is 5.99. The van der Waals surface area contributed by atoms with Crippen LogP contribution in [0.4, 0.5) is 0 Å². The average Bonchev–Trinajstić information content (AvgIpc) is 3.16. The van der Waals surface area contributed by atoms with E-state index >= 15 is 0 Å². The molecule has 2 aromatic rings. The number of aliphatic hydroxyl groups is 3. The zero-order valence-corrected chi connectivity index (χ0v) is 14.0. The fourth-order valence-electron chi connectivity index (χ4n) is 2.47. The van der Waals surface area contributed by atoms with Gasteiger partial charge in [0.25, 0.3) is 5.91 Å². The molecule has 5 N–H and O–H groups in total. The van der Waals surface area contributed by atoms with E-state index in [0.717, 1.165) is 4.68 Å². The molecule has 1 aliphatic rings. The number of nitrogens with zero attached hydrogens (tertiary/aromatic N) is 3. The monoisotopic (exact) mass is 378 g/mol. The van der Waals surface area contributed by atoms with Gasteiger partial charge in [-0.05, 0) is 30.2 Å². The summed E-state index contributed by atoms with van der Waals surface area (Å²) in [7, 11) is 0. The molecule has 2 heterocycles. The van der Waals surface area contributed by atoms with Gasteiger partial charge < -0.3 is 25.8 Å². The van der Waals surface area contributed by atoms with Gasteiger partial charge in [-0.1, -0.05) is 17.5 Å². The second kappa shape index (κ2) is 7.41. The summed E-state index contributed by atoms with van der Waals surface area (Å²) in [6.45, 7) is -0.515. The predicted molar refractivity (Wildman–Crippen MR) is 89.0 cm³/mol. The number of benzene rings is 1. The maximum Gasteiger partial charge on any atom is 0.286 e. The minimum absolute atomic E-state index is 0.0218. The highest BCUT2D eigenvalue weighted by Crippen LogP contribution is 2.29. The first kappa shape index (κ1) is 18.3. The summed E-state index contributed by atoms with van der Waals surface area (Å²) >= 11 is 5.81. The van der Waals surface area contributed by atoms with Crippen molar-refractivity contribution < 1.29 is 24.9 Å². The van der Waals surface area contributed by atoms with E-state index in [2.05, 4.69) is 21.9 Å². The molecule has 1 amide bonds. The minimum atomic E-state index is -1.43. The largest absolute Gasteiger partial charge is 0.394 e. The number of primary amides is 1. The van der Waals surface area contributed by atoms with Crippen LogP contribution in [-0.4, -0.2) is 60.9 Å². The average molecular weight is 379 g/mol. The number of hydrogen-bond acceptors (Lipinski definition) is 7. The van der Waals surface area contributed by atoms with Crippen LogP contribution in [0.15, 0.2) is 24.3 Å². The van der Waals surface area contributed by atoms with Crippen molar-refractivity contribution in [1.29, 1.82) is 0 Å². The van der Waals surface area contributed by atoms with Gasteiger partial charge in [0.2, 0.25) is 11.6 Å². The molecule has 136 valence electrons. The SMILES string of the molecule is NC(=O)c1nc(C#Cc2ccc(Cl)cc2)nn1[C@@H]1O[C@H](CO)C(O)C1O. The van der Waals surface area contributed by atoms with Gasteiger partial charge >= 0.3 is 0 Å². The number of aromatic nitrogens is 3. The number of ether oxygens (including phenoxy) is 1. The summed E-state index contributed by atoms with van der Waals surface area (Å²) < 4.78 is 6.30. The Bertz CT molecular complexity index is 873. The van der Waals surface area contributed by atoms with Gasteiger partial charge in [0.05, 0.1) is 6.61 Å². The van der Waals surface area contributed by atoms with E-state index in [-0.39, 0.29) is 11.6 Å². The summed E-state index contributed by atoms with van der Waals surface area (Å²) in [6.07, 6.45) is -5.03. The van der Waals surface area contributed by atoms with Crippen molar-refractivity contribution in [2.24, 2.45) is 5.73 Å². The number of carbonyl (C=O) groups is 1. The zero-order chi connectivity index (χ0) is 18.8. The van der Waals surface area contributed by atoms with Crippen LogP contribution in [0.1, 0.15) is 28.2 Å². The van der Waals surface area contributed by atoms with Crippen molar-refractivity contribution in [1.82, 2.24) is 14.8 Å². The molecule has 1 saturated heterocycles. The molecule has 1 fully saturated rings. The Balaban J connectivity index is 1.93. The topological polar surface area (TPSA) is 144 Å². The number of nitrogens with two attached hydrogens (primary N) is 1. The van der Waals surface area contributed by atoms with E-state index < -0.39 is 37.1 Å². The van der Waals surface area contributed by atoms with Crippen molar-refractivity contribution in [3.05, 3.63) is 46.5 Å². The van der Waals surface area contributed by atoms with Gasteiger partial charge in [-0.15, -0.1) is 5.10 Å². The third kappa shape index (κ3) is 3.55. The Morgan fingerprint density at radius 3 is 2.54 bits per heavy atom. The number of aliphatic hydroxyl groups excluding tert-OH is 3. The minimum Gasteiger partial charge on any atom is -0.394 e. The van der Waals surface area contributed by atoms with Crippen LogP contribution in [0, 0.1) is 11.8 Å². The lowest BCUT2D eigenvalue weighted by atomic mass is 10.1. The number of hydrogen-bond donors (Lipinski definition) is 4. The molecule has 1 aromatic carbocycles. The van der Waals surface area contributed by atoms with E-state index in [1.165, 1.54) is 0 Å². The number of halogens is 1. The predicted octanol–water partition coefficient (Wildman–Crippen LogP) is -0.958. The summed E-state index contributed by atoms with van der Waals surface area (Å²) in [6, 6.07) is 6.75. The Morgan fingerprint density at radius 2 is 1.96 bits per heavy atom. The Labute approximate surface area is 153 Å². The molecular formula is C16H15ClN4O5. The van der Waals surface area contributed by atoms with Crippen LogP contribution in [0.2, 0.25) is 5.02 Å². The molecule has 0 bridgehead atoms. The molecular weight excluding hydrogens is 364 g/mol. The molecule has 10 heteroatoms. The molecule has 26 heavy (non-hydrogen) atoms.